The van der Waals surface area contributed by atoms with Crippen LogP contribution in [0.25, 0.3) is 0 Å². The standard InChI is InChI=1S/C13H14BrFN2S/c1-7-8(2)18-13(17-7)12(16-3)10-5-4-9(14)6-11(10)15/h4-6,12,16H,1-3H3. The number of nitrogens with zero attached hydrogens (tertiary/aromatic N) is 1. The van der Waals surface area contributed by atoms with Crippen LogP contribution < -0.4 is 5.32 Å². The van der Waals surface area contributed by atoms with E-state index in [1.807, 2.05) is 27.0 Å². The smallest absolute Gasteiger partial charge is 0.129 e. The number of hydrogen-bond donors (Lipinski definition) is 1. The zero-order chi connectivity index (χ0) is 13.3. The quantitative estimate of drug-likeness (QED) is 0.922. The maximum atomic E-state index is 14.0. The van der Waals surface area contributed by atoms with E-state index in [-0.39, 0.29) is 11.9 Å². The van der Waals surface area contributed by atoms with Gasteiger partial charge in [-0.15, -0.1) is 11.3 Å². The van der Waals surface area contributed by atoms with E-state index in [2.05, 4.69) is 26.2 Å². The summed E-state index contributed by atoms with van der Waals surface area (Å²) in [5.41, 5.74) is 1.63. The number of halogens is 2. The number of hydrogen-bond acceptors (Lipinski definition) is 3. The van der Waals surface area contributed by atoms with Gasteiger partial charge < -0.3 is 5.32 Å². The highest BCUT2D eigenvalue weighted by atomic mass is 79.9. The Hall–Kier alpha value is -0.780. The lowest BCUT2D eigenvalue weighted by Gasteiger charge is -2.14. The van der Waals surface area contributed by atoms with Gasteiger partial charge in [-0.25, -0.2) is 9.37 Å². The number of benzene rings is 1. The Morgan fingerprint density at radius 2 is 2.11 bits per heavy atom. The zero-order valence-corrected chi connectivity index (χ0v) is 12.8. The van der Waals surface area contributed by atoms with Crippen LogP contribution in [0.1, 0.15) is 27.2 Å². The Bertz CT molecular complexity index is 549. The summed E-state index contributed by atoms with van der Waals surface area (Å²) in [6.07, 6.45) is 0. The average molecular weight is 329 g/mol. The molecular formula is C13H14BrFN2S. The van der Waals surface area contributed by atoms with E-state index in [0.29, 0.717) is 5.56 Å². The summed E-state index contributed by atoms with van der Waals surface area (Å²) in [7, 11) is 1.82. The van der Waals surface area contributed by atoms with Gasteiger partial charge in [0.2, 0.25) is 0 Å². The Balaban J connectivity index is 2.45. The second-order valence-corrected chi connectivity index (χ2v) is 6.23. The lowest BCUT2D eigenvalue weighted by molar-refractivity contribution is 0.574. The predicted molar refractivity (Wildman–Crippen MR) is 76.6 cm³/mol. The first-order valence-corrected chi connectivity index (χ1v) is 7.20. The van der Waals surface area contributed by atoms with Gasteiger partial charge in [-0.2, -0.15) is 0 Å². The number of aromatic nitrogens is 1. The van der Waals surface area contributed by atoms with Crippen LogP contribution in [0.15, 0.2) is 22.7 Å². The van der Waals surface area contributed by atoms with Gasteiger partial charge in [-0.1, -0.05) is 22.0 Å². The SMILES string of the molecule is CNC(c1nc(C)c(C)s1)c1ccc(Br)cc1F. The second kappa shape index (κ2) is 5.47. The Morgan fingerprint density at radius 3 is 2.61 bits per heavy atom. The second-order valence-electron chi connectivity index (χ2n) is 4.08. The lowest BCUT2D eigenvalue weighted by Crippen LogP contribution is -2.18. The summed E-state index contributed by atoms with van der Waals surface area (Å²) >= 11 is 4.87. The molecule has 2 rings (SSSR count). The van der Waals surface area contributed by atoms with Gasteiger partial charge in [0, 0.05) is 14.9 Å². The topological polar surface area (TPSA) is 24.9 Å². The van der Waals surface area contributed by atoms with Crippen LogP contribution in [0, 0.1) is 19.7 Å². The molecule has 18 heavy (non-hydrogen) atoms. The number of thiazole rings is 1. The monoisotopic (exact) mass is 328 g/mol. The van der Waals surface area contributed by atoms with Gasteiger partial charge in [0.15, 0.2) is 0 Å². The highest BCUT2D eigenvalue weighted by Crippen LogP contribution is 2.30. The molecule has 1 aromatic heterocycles. The molecule has 5 heteroatoms. The van der Waals surface area contributed by atoms with E-state index in [1.165, 1.54) is 10.9 Å². The number of nitrogens with one attached hydrogen (secondary N) is 1. The molecule has 0 amide bonds. The molecular weight excluding hydrogens is 315 g/mol. The van der Waals surface area contributed by atoms with Crippen LogP contribution >= 0.6 is 27.3 Å². The highest BCUT2D eigenvalue weighted by molar-refractivity contribution is 9.10. The molecule has 0 fully saturated rings. The van der Waals surface area contributed by atoms with E-state index in [1.54, 1.807) is 17.4 Å². The first-order valence-electron chi connectivity index (χ1n) is 5.59. The van der Waals surface area contributed by atoms with Crippen LogP contribution in [0.2, 0.25) is 0 Å². The first kappa shape index (κ1) is 13.6. The molecule has 1 unspecified atom stereocenters. The van der Waals surface area contributed by atoms with Gasteiger partial charge in [-0.05, 0) is 33.0 Å². The third-order valence-corrected chi connectivity index (χ3v) is 4.49. The molecule has 0 aliphatic carbocycles. The van der Waals surface area contributed by atoms with Crippen LogP contribution in [0.4, 0.5) is 4.39 Å². The molecule has 1 heterocycles. The molecule has 1 aromatic carbocycles. The normalized spacial score (nSPS) is 12.7. The molecule has 2 nitrogen and oxygen atoms in total. The lowest BCUT2D eigenvalue weighted by atomic mass is 10.1. The molecule has 1 N–H and O–H groups in total. The third-order valence-electron chi connectivity index (χ3n) is 2.85. The van der Waals surface area contributed by atoms with Crippen molar-refractivity contribution < 1.29 is 4.39 Å². The number of rotatable bonds is 3. The fourth-order valence-electron chi connectivity index (χ4n) is 1.77. The molecule has 0 spiro atoms. The predicted octanol–water partition coefficient (Wildman–Crippen LogP) is 3.97. The fourth-order valence-corrected chi connectivity index (χ4v) is 3.15. The molecule has 0 aliphatic heterocycles. The molecule has 0 bridgehead atoms. The van der Waals surface area contributed by atoms with Gasteiger partial charge in [0.1, 0.15) is 10.8 Å². The van der Waals surface area contributed by atoms with Gasteiger partial charge >= 0.3 is 0 Å². The van der Waals surface area contributed by atoms with Gasteiger partial charge in [0.25, 0.3) is 0 Å². The van der Waals surface area contributed by atoms with Crippen LogP contribution in [-0.4, -0.2) is 12.0 Å². The summed E-state index contributed by atoms with van der Waals surface area (Å²) < 4.78 is 14.7. The van der Waals surface area contributed by atoms with Gasteiger partial charge in [-0.3, -0.25) is 0 Å². The van der Waals surface area contributed by atoms with Crippen molar-refractivity contribution in [3.8, 4) is 0 Å². The van der Waals surface area contributed by atoms with Crippen LogP contribution in [0.5, 0.6) is 0 Å². The molecule has 2 aromatic rings. The number of aryl methyl sites for hydroxylation is 2. The minimum Gasteiger partial charge on any atom is -0.307 e. The summed E-state index contributed by atoms with van der Waals surface area (Å²) in [4.78, 5) is 5.67. The third kappa shape index (κ3) is 2.63. The van der Waals surface area contributed by atoms with Crippen molar-refractivity contribution in [3.63, 3.8) is 0 Å². The van der Waals surface area contributed by atoms with Crippen molar-refractivity contribution in [1.29, 1.82) is 0 Å². The maximum Gasteiger partial charge on any atom is 0.129 e. The Morgan fingerprint density at radius 1 is 1.39 bits per heavy atom. The van der Waals surface area contributed by atoms with Crippen molar-refractivity contribution in [2.24, 2.45) is 0 Å². The summed E-state index contributed by atoms with van der Waals surface area (Å²) in [6.45, 7) is 4.00. The van der Waals surface area contributed by atoms with E-state index >= 15 is 0 Å². The summed E-state index contributed by atoms with van der Waals surface area (Å²) in [5.74, 6) is -0.228. The van der Waals surface area contributed by atoms with Crippen molar-refractivity contribution in [3.05, 3.63) is 49.6 Å². The zero-order valence-electron chi connectivity index (χ0n) is 10.4. The first-order chi connectivity index (χ1) is 8.52. The van der Waals surface area contributed by atoms with E-state index in [0.717, 1.165) is 15.2 Å². The Kier molecular flexibility index (Phi) is 4.14. The Labute approximate surface area is 118 Å². The average Bonchev–Trinajstić information content (AvgIpc) is 2.63. The molecule has 96 valence electrons. The molecule has 0 saturated carbocycles. The minimum atomic E-state index is -0.228. The van der Waals surface area contributed by atoms with Crippen molar-refractivity contribution >= 4 is 27.3 Å². The fraction of sp³-hybridized carbons (Fsp3) is 0.308. The molecule has 0 saturated heterocycles. The van der Waals surface area contributed by atoms with Crippen molar-refractivity contribution in [2.75, 3.05) is 7.05 Å². The largest absolute Gasteiger partial charge is 0.307 e. The van der Waals surface area contributed by atoms with Crippen LogP contribution in [0.3, 0.4) is 0 Å². The van der Waals surface area contributed by atoms with E-state index in [4.69, 9.17) is 0 Å². The molecule has 0 aliphatic rings. The van der Waals surface area contributed by atoms with Gasteiger partial charge in [0.05, 0.1) is 11.7 Å². The highest BCUT2D eigenvalue weighted by Gasteiger charge is 2.20. The van der Waals surface area contributed by atoms with Crippen molar-refractivity contribution in [2.45, 2.75) is 19.9 Å². The van der Waals surface area contributed by atoms with Crippen molar-refractivity contribution in [1.82, 2.24) is 10.3 Å². The van der Waals surface area contributed by atoms with Crippen LogP contribution in [-0.2, 0) is 0 Å². The van der Waals surface area contributed by atoms with E-state index < -0.39 is 0 Å². The molecule has 0 radical (unpaired) electrons. The minimum absolute atomic E-state index is 0.199. The molecule has 1 atom stereocenters. The maximum absolute atomic E-state index is 14.0. The summed E-state index contributed by atoms with van der Waals surface area (Å²) in [5, 5.41) is 4.03. The summed E-state index contributed by atoms with van der Waals surface area (Å²) in [6, 6.07) is 4.91. The van der Waals surface area contributed by atoms with E-state index in [9.17, 15) is 4.39 Å².